The van der Waals surface area contributed by atoms with Gasteiger partial charge in [-0.05, 0) is 18.2 Å². The van der Waals surface area contributed by atoms with Crippen LogP contribution < -0.4 is 4.90 Å². The Morgan fingerprint density at radius 2 is 2.04 bits per heavy atom. The maximum absolute atomic E-state index is 14.1. The Bertz CT molecular complexity index is 744. The van der Waals surface area contributed by atoms with E-state index in [9.17, 15) is 4.39 Å². The first-order valence-corrected chi connectivity index (χ1v) is 8.06. The second kappa shape index (κ2) is 6.97. The van der Waals surface area contributed by atoms with E-state index in [0.29, 0.717) is 36.8 Å². The molecule has 0 amide bonds. The van der Waals surface area contributed by atoms with Crippen LogP contribution in [-0.4, -0.2) is 41.2 Å². The van der Waals surface area contributed by atoms with Gasteiger partial charge < -0.3 is 9.42 Å². The molecule has 1 aliphatic rings. The van der Waals surface area contributed by atoms with Crippen LogP contribution in [0.5, 0.6) is 0 Å². The van der Waals surface area contributed by atoms with Gasteiger partial charge >= 0.3 is 0 Å². The molecular formula is C17H20FN5O. The first-order chi connectivity index (χ1) is 11.6. The zero-order chi connectivity index (χ0) is 17.1. The van der Waals surface area contributed by atoms with E-state index >= 15 is 0 Å². The van der Waals surface area contributed by atoms with E-state index in [1.54, 1.807) is 12.1 Å². The van der Waals surface area contributed by atoms with Crippen LogP contribution in [0.3, 0.4) is 0 Å². The van der Waals surface area contributed by atoms with Gasteiger partial charge in [0.1, 0.15) is 5.82 Å². The molecule has 0 N–H and O–H groups in total. The van der Waals surface area contributed by atoms with Crippen molar-refractivity contribution in [2.75, 3.05) is 31.1 Å². The molecule has 0 unspecified atom stereocenters. The van der Waals surface area contributed by atoms with Crippen LogP contribution in [0.4, 0.5) is 10.1 Å². The molecule has 7 heteroatoms. The van der Waals surface area contributed by atoms with Crippen LogP contribution in [0.15, 0.2) is 22.7 Å². The van der Waals surface area contributed by atoms with Gasteiger partial charge in [0.2, 0.25) is 5.89 Å². The highest BCUT2D eigenvalue weighted by atomic mass is 19.1. The SMILES string of the molecule is CC(C)c1noc(CN2CCN(c3ccc(C#N)cc3F)CC2)n1. The van der Waals surface area contributed by atoms with Crippen molar-refractivity contribution in [3.8, 4) is 6.07 Å². The highest BCUT2D eigenvalue weighted by Crippen LogP contribution is 2.22. The average molecular weight is 329 g/mol. The third kappa shape index (κ3) is 3.54. The highest BCUT2D eigenvalue weighted by molar-refractivity contribution is 5.51. The fourth-order valence-corrected chi connectivity index (χ4v) is 2.74. The number of hydrogen-bond acceptors (Lipinski definition) is 6. The van der Waals surface area contributed by atoms with Gasteiger partial charge in [0.05, 0.1) is 23.9 Å². The lowest BCUT2D eigenvalue weighted by molar-refractivity contribution is 0.215. The molecule has 24 heavy (non-hydrogen) atoms. The van der Waals surface area contributed by atoms with Gasteiger partial charge in [-0.15, -0.1) is 0 Å². The average Bonchev–Trinajstić information content (AvgIpc) is 3.04. The summed E-state index contributed by atoms with van der Waals surface area (Å²) in [5.41, 5.74) is 0.890. The normalized spacial score (nSPS) is 15.7. The van der Waals surface area contributed by atoms with Crippen molar-refractivity contribution >= 4 is 5.69 Å². The number of halogens is 1. The summed E-state index contributed by atoms with van der Waals surface area (Å²) in [4.78, 5) is 8.61. The number of piperazine rings is 1. The van der Waals surface area contributed by atoms with Crippen molar-refractivity contribution in [1.82, 2.24) is 15.0 Å². The van der Waals surface area contributed by atoms with Crippen LogP contribution in [0.1, 0.15) is 37.0 Å². The Morgan fingerprint density at radius 1 is 1.29 bits per heavy atom. The monoisotopic (exact) mass is 329 g/mol. The molecule has 0 atom stereocenters. The largest absolute Gasteiger partial charge is 0.367 e. The van der Waals surface area contributed by atoms with Crippen molar-refractivity contribution in [3.05, 3.63) is 41.3 Å². The van der Waals surface area contributed by atoms with Gasteiger partial charge in [-0.1, -0.05) is 19.0 Å². The molecule has 6 nitrogen and oxygen atoms in total. The number of nitrogens with zero attached hydrogens (tertiary/aromatic N) is 5. The Kier molecular flexibility index (Phi) is 4.76. The maximum Gasteiger partial charge on any atom is 0.240 e. The number of benzene rings is 1. The fraction of sp³-hybridized carbons (Fsp3) is 0.471. The maximum atomic E-state index is 14.1. The summed E-state index contributed by atoms with van der Waals surface area (Å²) in [5, 5.41) is 12.8. The first-order valence-electron chi connectivity index (χ1n) is 8.06. The van der Waals surface area contributed by atoms with Gasteiger partial charge in [0.15, 0.2) is 5.82 Å². The van der Waals surface area contributed by atoms with Gasteiger partial charge in [0, 0.05) is 32.1 Å². The minimum atomic E-state index is -0.346. The van der Waals surface area contributed by atoms with Crippen LogP contribution in [0.2, 0.25) is 0 Å². The van der Waals surface area contributed by atoms with Crippen LogP contribution >= 0.6 is 0 Å². The third-order valence-electron chi connectivity index (χ3n) is 4.15. The summed E-state index contributed by atoms with van der Waals surface area (Å²) in [7, 11) is 0. The second-order valence-corrected chi connectivity index (χ2v) is 6.24. The van der Waals surface area contributed by atoms with E-state index in [0.717, 1.165) is 18.9 Å². The van der Waals surface area contributed by atoms with Crippen molar-refractivity contribution in [2.45, 2.75) is 26.3 Å². The molecule has 0 spiro atoms. The summed E-state index contributed by atoms with van der Waals surface area (Å²) in [6.45, 7) is 7.68. The van der Waals surface area contributed by atoms with E-state index < -0.39 is 0 Å². The quantitative estimate of drug-likeness (QED) is 0.858. The minimum absolute atomic E-state index is 0.249. The van der Waals surface area contributed by atoms with E-state index in [1.165, 1.54) is 6.07 Å². The second-order valence-electron chi connectivity index (χ2n) is 6.24. The molecule has 1 fully saturated rings. The van der Waals surface area contributed by atoms with Crippen molar-refractivity contribution in [1.29, 1.82) is 5.26 Å². The van der Waals surface area contributed by atoms with E-state index in [-0.39, 0.29) is 11.7 Å². The molecule has 0 radical (unpaired) electrons. The Balaban J connectivity index is 1.58. The zero-order valence-corrected chi connectivity index (χ0v) is 13.9. The van der Waals surface area contributed by atoms with Crippen molar-refractivity contribution in [3.63, 3.8) is 0 Å². The summed E-state index contributed by atoms with van der Waals surface area (Å²) in [6, 6.07) is 6.56. The summed E-state index contributed by atoms with van der Waals surface area (Å²) in [5.74, 6) is 1.25. The predicted octanol–water partition coefficient (Wildman–Crippen LogP) is 2.53. The van der Waals surface area contributed by atoms with Gasteiger partial charge in [-0.25, -0.2) is 4.39 Å². The lowest BCUT2D eigenvalue weighted by Gasteiger charge is -2.35. The molecule has 0 aliphatic carbocycles. The third-order valence-corrected chi connectivity index (χ3v) is 4.15. The number of hydrogen-bond donors (Lipinski definition) is 0. The van der Waals surface area contributed by atoms with Gasteiger partial charge in [0.25, 0.3) is 0 Å². The molecule has 2 aromatic rings. The molecule has 1 aliphatic heterocycles. The minimum Gasteiger partial charge on any atom is -0.367 e. The first kappa shape index (κ1) is 16.4. The number of rotatable bonds is 4. The molecule has 1 aromatic carbocycles. The lowest BCUT2D eigenvalue weighted by Crippen LogP contribution is -2.46. The standard InChI is InChI=1S/C17H20FN5O/c1-12(2)17-20-16(24-21-17)11-22-5-7-23(8-6-22)15-4-3-13(10-19)9-14(15)18/h3-4,9,12H,5-8,11H2,1-2H3. The topological polar surface area (TPSA) is 69.2 Å². The zero-order valence-electron chi connectivity index (χ0n) is 13.9. The molecule has 126 valence electrons. The molecular weight excluding hydrogens is 309 g/mol. The molecule has 3 rings (SSSR count). The van der Waals surface area contributed by atoms with E-state index in [2.05, 4.69) is 15.0 Å². The summed E-state index contributed by atoms with van der Waals surface area (Å²) in [6.07, 6.45) is 0. The number of anilines is 1. The van der Waals surface area contributed by atoms with Crippen molar-refractivity contribution in [2.24, 2.45) is 0 Å². The number of nitriles is 1. The fourth-order valence-electron chi connectivity index (χ4n) is 2.74. The lowest BCUT2D eigenvalue weighted by atomic mass is 10.2. The van der Waals surface area contributed by atoms with Gasteiger partial charge in [-0.2, -0.15) is 10.2 Å². The Hall–Kier alpha value is -2.46. The van der Waals surface area contributed by atoms with Crippen LogP contribution in [-0.2, 0) is 6.54 Å². The smallest absolute Gasteiger partial charge is 0.240 e. The highest BCUT2D eigenvalue weighted by Gasteiger charge is 2.21. The predicted molar refractivity (Wildman–Crippen MR) is 87.0 cm³/mol. The Morgan fingerprint density at radius 3 is 2.62 bits per heavy atom. The summed E-state index contributed by atoms with van der Waals surface area (Å²) >= 11 is 0. The molecule has 2 heterocycles. The number of aromatic nitrogens is 2. The summed E-state index contributed by atoms with van der Waals surface area (Å²) < 4.78 is 19.4. The van der Waals surface area contributed by atoms with Crippen molar-refractivity contribution < 1.29 is 8.91 Å². The molecule has 0 bridgehead atoms. The van der Waals surface area contributed by atoms with Crippen LogP contribution in [0.25, 0.3) is 0 Å². The van der Waals surface area contributed by atoms with Gasteiger partial charge in [-0.3, -0.25) is 4.90 Å². The van der Waals surface area contributed by atoms with E-state index in [4.69, 9.17) is 9.78 Å². The van der Waals surface area contributed by atoms with Crippen LogP contribution in [0, 0.1) is 17.1 Å². The van der Waals surface area contributed by atoms with E-state index in [1.807, 2.05) is 24.8 Å². The molecule has 1 aromatic heterocycles. The molecule has 1 saturated heterocycles. The molecule has 0 saturated carbocycles. The Labute approximate surface area is 140 Å².